The molecule has 1 aromatic heterocycles. The van der Waals surface area contributed by atoms with Crippen LogP contribution >= 0.6 is 11.8 Å². The average Bonchev–Trinajstić information content (AvgIpc) is 2.64. The van der Waals surface area contributed by atoms with Gasteiger partial charge in [0.15, 0.2) is 0 Å². The van der Waals surface area contributed by atoms with E-state index in [-0.39, 0.29) is 5.78 Å². The molecule has 4 heteroatoms. The monoisotopic (exact) mass is 248 g/mol. The highest BCUT2D eigenvalue weighted by Gasteiger charge is 2.11. The zero-order chi connectivity index (χ0) is 12.3. The summed E-state index contributed by atoms with van der Waals surface area (Å²) in [4.78, 5) is 16.2. The molecule has 0 unspecified atom stereocenters. The van der Waals surface area contributed by atoms with Crippen LogP contribution in [0.4, 0.5) is 0 Å². The molecule has 0 fully saturated rings. The highest BCUT2D eigenvalue weighted by Crippen LogP contribution is 2.15. The first-order chi connectivity index (χ1) is 8.22. The maximum Gasteiger partial charge on any atom is 0.150 e. The summed E-state index contributed by atoms with van der Waals surface area (Å²) < 4.78 is 2.00. The third kappa shape index (κ3) is 2.69. The molecule has 90 valence electrons. The van der Waals surface area contributed by atoms with Crippen molar-refractivity contribution in [3.63, 3.8) is 0 Å². The fraction of sp³-hybridized carbons (Fsp3) is 0.385. The van der Waals surface area contributed by atoms with Gasteiger partial charge in [-0.2, -0.15) is 11.8 Å². The van der Waals surface area contributed by atoms with Gasteiger partial charge in [0.25, 0.3) is 0 Å². The summed E-state index contributed by atoms with van der Waals surface area (Å²) in [5.74, 6) is 2.66. The van der Waals surface area contributed by atoms with Gasteiger partial charge in [0.05, 0.1) is 23.2 Å². The number of aryl methyl sites for hydroxylation is 1. The lowest BCUT2D eigenvalue weighted by atomic mass is 10.3. The Labute approximate surface area is 105 Å². The van der Waals surface area contributed by atoms with Crippen molar-refractivity contribution < 1.29 is 4.79 Å². The minimum Gasteiger partial charge on any atom is -0.331 e. The molecule has 17 heavy (non-hydrogen) atoms. The number of thioether (sulfide) groups is 1. The van der Waals surface area contributed by atoms with Gasteiger partial charge in [-0.25, -0.2) is 4.98 Å². The summed E-state index contributed by atoms with van der Waals surface area (Å²) in [5, 5.41) is 0. The van der Waals surface area contributed by atoms with Gasteiger partial charge < -0.3 is 4.57 Å². The van der Waals surface area contributed by atoms with Crippen LogP contribution < -0.4 is 0 Å². The fourth-order valence-corrected chi connectivity index (χ4v) is 2.33. The van der Waals surface area contributed by atoms with Crippen LogP contribution in [0.3, 0.4) is 0 Å². The van der Waals surface area contributed by atoms with Crippen LogP contribution in [-0.4, -0.2) is 26.8 Å². The Balaban J connectivity index is 2.19. The van der Waals surface area contributed by atoms with E-state index in [1.807, 2.05) is 35.9 Å². The van der Waals surface area contributed by atoms with E-state index in [0.29, 0.717) is 12.2 Å². The lowest BCUT2D eigenvalue weighted by molar-refractivity contribution is -0.116. The smallest absolute Gasteiger partial charge is 0.150 e. The molecule has 2 aromatic rings. The molecule has 3 nitrogen and oxygen atoms in total. The predicted octanol–water partition coefficient (Wildman–Crippen LogP) is 2.44. The van der Waals surface area contributed by atoms with Crippen LogP contribution in [0.25, 0.3) is 11.0 Å². The maximum absolute atomic E-state index is 11.7. The van der Waals surface area contributed by atoms with E-state index >= 15 is 0 Å². The quantitative estimate of drug-likeness (QED) is 0.815. The molecule has 0 aliphatic heterocycles. The molecule has 0 bridgehead atoms. The van der Waals surface area contributed by atoms with Crippen LogP contribution in [0.5, 0.6) is 0 Å². The van der Waals surface area contributed by atoms with Crippen LogP contribution in [0.1, 0.15) is 12.7 Å². The van der Waals surface area contributed by atoms with Crippen molar-refractivity contribution in [1.82, 2.24) is 9.55 Å². The van der Waals surface area contributed by atoms with Crippen molar-refractivity contribution in [3.8, 4) is 0 Å². The van der Waals surface area contributed by atoms with Crippen molar-refractivity contribution >= 4 is 28.6 Å². The molecule has 0 spiro atoms. The van der Waals surface area contributed by atoms with Crippen LogP contribution in [0.15, 0.2) is 24.3 Å². The summed E-state index contributed by atoms with van der Waals surface area (Å²) in [6.07, 6.45) is 0.429. The second-order valence-corrected chi connectivity index (χ2v) is 5.20. The Morgan fingerprint density at radius 3 is 2.88 bits per heavy atom. The average molecular weight is 248 g/mol. The van der Waals surface area contributed by atoms with E-state index in [9.17, 15) is 4.79 Å². The molecule has 1 heterocycles. The first-order valence-corrected chi connectivity index (χ1v) is 6.87. The number of ketones is 1. The summed E-state index contributed by atoms with van der Waals surface area (Å²) in [5.41, 5.74) is 2.04. The third-order valence-electron chi connectivity index (χ3n) is 2.70. The maximum atomic E-state index is 11.7. The second-order valence-electron chi connectivity index (χ2n) is 3.93. The van der Waals surface area contributed by atoms with Gasteiger partial charge in [0.2, 0.25) is 0 Å². The van der Waals surface area contributed by atoms with E-state index in [4.69, 9.17) is 0 Å². The molecule has 0 radical (unpaired) electrons. The molecule has 0 N–H and O–H groups in total. The molecular formula is C13H16N2OS. The van der Waals surface area contributed by atoms with Gasteiger partial charge in [-0.15, -0.1) is 0 Å². The SMILES string of the molecule is CCSCC(=O)Cc1nc2ccccc2n1C. The van der Waals surface area contributed by atoms with E-state index < -0.39 is 0 Å². The standard InChI is InChI=1S/C13H16N2OS/c1-3-17-9-10(16)8-13-14-11-6-4-5-7-12(11)15(13)2/h4-7H,3,8-9H2,1-2H3. The minimum atomic E-state index is 0.246. The van der Waals surface area contributed by atoms with Crippen molar-refractivity contribution in [2.24, 2.45) is 7.05 Å². The number of carbonyl (C=O) groups is 1. The highest BCUT2D eigenvalue weighted by atomic mass is 32.2. The Hall–Kier alpha value is -1.29. The summed E-state index contributed by atoms with van der Waals surface area (Å²) >= 11 is 1.66. The van der Waals surface area contributed by atoms with Gasteiger partial charge in [-0.3, -0.25) is 4.79 Å². The zero-order valence-corrected chi connectivity index (χ0v) is 11.0. The number of benzene rings is 1. The Bertz CT molecular complexity index is 533. The molecule has 1 aromatic carbocycles. The van der Waals surface area contributed by atoms with E-state index in [2.05, 4.69) is 11.9 Å². The van der Waals surface area contributed by atoms with Gasteiger partial charge in [-0.1, -0.05) is 19.1 Å². The van der Waals surface area contributed by atoms with Crippen LogP contribution in [0.2, 0.25) is 0 Å². The van der Waals surface area contributed by atoms with Gasteiger partial charge >= 0.3 is 0 Å². The van der Waals surface area contributed by atoms with Crippen molar-refractivity contribution in [1.29, 1.82) is 0 Å². The summed E-state index contributed by atoms with van der Waals surface area (Å²) in [6, 6.07) is 7.96. The highest BCUT2D eigenvalue weighted by molar-refractivity contribution is 7.99. The number of imidazole rings is 1. The second kappa shape index (κ2) is 5.36. The molecule has 0 aliphatic carbocycles. The third-order valence-corrected chi connectivity index (χ3v) is 3.64. The van der Waals surface area contributed by atoms with Crippen molar-refractivity contribution in [2.75, 3.05) is 11.5 Å². The molecule has 0 saturated carbocycles. The van der Waals surface area contributed by atoms with Crippen LogP contribution in [0, 0.1) is 0 Å². The van der Waals surface area contributed by atoms with Gasteiger partial charge in [-0.05, 0) is 17.9 Å². The number of rotatable bonds is 5. The number of fused-ring (bicyclic) bond motifs is 1. The molecule has 0 aliphatic rings. The number of nitrogens with zero attached hydrogens (tertiary/aromatic N) is 2. The zero-order valence-electron chi connectivity index (χ0n) is 10.1. The number of aromatic nitrogens is 2. The Morgan fingerprint density at radius 1 is 1.41 bits per heavy atom. The van der Waals surface area contributed by atoms with Gasteiger partial charge in [0.1, 0.15) is 11.6 Å². The molecule has 0 atom stereocenters. The first-order valence-electron chi connectivity index (χ1n) is 5.72. The Morgan fingerprint density at radius 2 is 2.18 bits per heavy atom. The van der Waals surface area contributed by atoms with Crippen LogP contribution in [-0.2, 0) is 18.3 Å². The largest absolute Gasteiger partial charge is 0.331 e. The van der Waals surface area contributed by atoms with E-state index in [1.165, 1.54) is 0 Å². The first kappa shape index (κ1) is 12.2. The van der Waals surface area contributed by atoms with E-state index in [0.717, 1.165) is 22.6 Å². The normalized spacial score (nSPS) is 10.9. The molecule has 0 amide bonds. The lowest BCUT2D eigenvalue weighted by Crippen LogP contribution is -2.10. The van der Waals surface area contributed by atoms with Crippen molar-refractivity contribution in [3.05, 3.63) is 30.1 Å². The number of carbonyl (C=O) groups excluding carboxylic acids is 1. The molecule has 0 saturated heterocycles. The number of para-hydroxylation sites is 2. The minimum absolute atomic E-state index is 0.246. The predicted molar refractivity (Wildman–Crippen MR) is 72.4 cm³/mol. The fourth-order valence-electron chi connectivity index (χ4n) is 1.80. The topological polar surface area (TPSA) is 34.9 Å². The summed E-state index contributed by atoms with van der Waals surface area (Å²) in [7, 11) is 1.96. The van der Waals surface area contributed by atoms with Crippen molar-refractivity contribution in [2.45, 2.75) is 13.3 Å². The van der Waals surface area contributed by atoms with E-state index in [1.54, 1.807) is 11.8 Å². The number of Topliss-reactive ketones (excluding diaryl/α,β-unsaturated/α-hetero) is 1. The summed E-state index contributed by atoms with van der Waals surface area (Å²) in [6.45, 7) is 2.06. The molecule has 2 rings (SSSR count). The van der Waals surface area contributed by atoms with Gasteiger partial charge in [0, 0.05) is 7.05 Å². The lowest BCUT2D eigenvalue weighted by Gasteiger charge is -2.01. The molecular weight excluding hydrogens is 232 g/mol. The Kier molecular flexibility index (Phi) is 3.84. The number of hydrogen-bond acceptors (Lipinski definition) is 3. The number of hydrogen-bond donors (Lipinski definition) is 0.